The van der Waals surface area contributed by atoms with E-state index in [9.17, 15) is 0 Å². The minimum absolute atomic E-state index is 0.448. The number of hydrogen-bond acceptors (Lipinski definition) is 4. The van der Waals surface area contributed by atoms with E-state index in [-0.39, 0.29) is 0 Å². The molecule has 1 aliphatic carbocycles. The zero-order valence-electron chi connectivity index (χ0n) is 23.7. The first-order valence-corrected chi connectivity index (χ1v) is 13.3. The monoisotopic (exact) mass is 486 g/mol. The summed E-state index contributed by atoms with van der Waals surface area (Å²) < 4.78 is 0. The number of anilines is 1. The topological polar surface area (TPSA) is 40.5 Å². The van der Waals surface area contributed by atoms with Gasteiger partial charge in [-0.25, -0.2) is 4.98 Å². The predicted molar refractivity (Wildman–Crippen MR) is 161 cm³/mol. The highest BCUT2D eigenvalue weighted by molar-refractivity contribution is 6.11. The van der Waals surface area contributed by atoms with Crippen LogP contribution in [-0.4, -0.2) is 43.3 Å². The maximum Gasteiger partial charge on any atom is 0.134 e. The lowest BCUT2D eigenvalue weighted by Gasteiger charge is -2.29. The maximum atomic E-state index is 5.23. The maximum absolute atomic E-state index is 5.23. The Kier molecular flexibility index (Phi) is 11.7. The van der Waals surface area contributed by atoms with Crippen LogP contribution in [0.4, 0.5) is 5.82 Å². The van der Waals surface area contributed by atoms with Crippen molar-refractivity contribution < 1.29 is 0 Å². The van der Waals surface area contributed by atoms with Crippen LogP contribution in [0.15, 0.2) is 60.3 Å². The highest BCUT2D eigenvalue weighted by Crippen LogP contribution is 2.33. The molecule has 1 fully saturated rings. The van der Waals surface area contributed by atoms with Gasteiger partial charge in [0.15, 0.2) is 0 Å². The number of nitrogens with one attached hydrogen (secondary N) is 1. The van der Waals surface area contributed by atoms with Gasteiger partial charge in [-0.15, -0.1) is 0 Å². The van der Waals surface area contributed by atoms with Gasteiger partial charge in [0.25, 0.3) is 0 Å². The first kappa shape index (κ1) is 29.1. The first-order chi connectivity index (χ1) is 17.4. The highest BCUT2D eigenvalue weighted by Gasteiger charge is 2.22. The summed E-state index contributed by atoms with van der Waals surface area (Å²) in [6, 6.07) is 11.3. The molecule has 1 aromatic carbocycles. The summed E-state index contributed by atoms with van der Waals surface area (Å²) in [6.07, 6.45) is 13.0. The van der Waals surface area contributed by atoms with Crippen LogP contribution in [0.25, 0.3) is 22.4 Å². The Morgan fingerprint density at radius 3 is 2.53 bits per heavy atom. The Balaban J connectivity index is 0.00000222. The number of aliphatic imine (C=N–C) groups is 1. The van der Waals surface area contributed by atoms with Crippen LogP contribution in [0, 0.1) is 12.8 Å². The molecule has 36 heavy (non-hydrogen) atoms. The molecule has 0 spiro atoms. The third kappa shape index (κ3) is 7.68. The van der Waals surface area contributed by atoms with E-state index in [1.807, 2.05) is 52.2 Å². The van der Waals surface area contributed by atoms with Crippen LogP contribution < -0.4 is 5.32 Å². The Morgan fingerprint density at radius 2 is 1.92 bits per heavy atom. The Hall–Kier alpha value is -3.14. The molecule has 2 atom stereocenters. The molecule has 4 heteroatoms. The zero-order chi connectivity index (χ0) is 26.7. The number of allylic oxidation sites excluding steroid dienone is 4. The summed E-state index contributed by atoms with van der Waals surface area (Å²) in [5, 5.41) is 3.82. The van der Waals surface area contributed by atoms with Crippen molar-refractivity contribution in [2.75, 3.05) is 26.5 Å². The fourth-order valence-corrected chi connectivity index (χ4v) is 4.80. The molecule has 4 nitrogen and oxygen atoms in total. The smallest absolute Gasteiger partial charge is 0.134 e. The van der Waals surface area contributed by atoms with Crippen molar-refractivity contribution >= 4 is 23.2 Å². The van der Waals surface area contributed by atoms with E-state index in [1.54, 1.807) is 0 Å². The second-order valence-electron chi connectivity index (χ2n) is 9.63. The van der Waals surface area contributed by atoms with Crippen LogP contribution in [0.5, 0.6) is 0 Å². The molecule has 1 heterocycles. The van der Waals surface area contributed by atoms with Crippen molar-refractivity contribution in [2.45, 2.75) is 66.3 Å². The molecule has 0 bridgehead atoms. The molecule has 0 saturated heterocycles. The number of aromatic nitrogens is 1. The van der Waals surface area contributed by atoms with Crippen molar-refractivity contribution in [1.82, 2.24) is 9.88 Å². The fourth-order valence-electron chi connectivity index (χ4n) is 4.80. The third-order valence-corrected chi connectivity index (χ3v) is 6.47. The molecule has 1 aliphatic rings. The van der Waals surface area contributed by atoms with Gasteiger partial charge in [-0.1, -0.05) is 70.5 Å². The normalized spacial score (nSPS) is 18.4. The van der Waals surface area contributed by atoms with E-state index < -0.39 is 0 Å². The van der Waals surface area contributed by atoms with Crippen molar-refractivity contribution in [3.05, 3.63) is 72.0 Å². The lowest BCUT2D eigenvalue weighted by atomic mass is 9.87. The van der Waals surface area contributed by atoms with E-state index in [0.717, 1.165) is 50.8 Å². The summed E-state index contributed by atoms with van der Waals surface area (Å²) in [7, 11) is 5.87. The van der Waals surface area contributed by atoms with Gasteiger partial charge in [-0.3, -0.25) is 4.99 Å². The minimum Gasteiger partial charge on any atom is -0.383 e. The van der Waals surface area contributed by atoms with Gasteiger partial charge in [0, 0.05) is 50.7 Å². The largest absolute Gasteiger partial charge is 0.383 e. The SMILES string of the molecule is C=C/C(=C\N(C)C)c1cccc(-c2nc(NC3CCCC(C)C3)c(/C(C=NC)=C/C)cc2C)c1.CC. The van der Waals surface area contributed by atoms with Gasteiger partial charge in [-0.2, -0.15) is 0 Å². The Bertz CT molecular complexity index is 1090. The Morgan fingerprint density at radius 1 is 1.17 bits per heavy atom. The average Bonchev–Trinajstić information content (AvgIpc) is 2.88. The zero-order valence-corrected chi connectivity index (χ0v) is 23.7. The summed E-state index contributed by atoms with van der Waals surface area (Å²) in [4.78, 5) is 11.6. The van der Waals surface area contributed by atoms with E-state index in [1.165, 1.54) is 25.7 Å². The van der Waals surface area contributed by atoms with Crippen LogP contribution in [0.2, 0.25) is 0 Å². The minimum atomic E-state index is 0.448. The van der Waals surface area contributed by atoms with Gasteiger partial charge in [0.1, 0.15) is 5.82 Å². The van der Waals surface area contributed by atoms with E-state index in [0.29, 0.717) is 6.04 Å². The van der Waals surface area contributed by atoms with E-state index in [2.05, 4.69) is 80.3 Å². The molecule has 194 valence electrons. The molecule has 1 aromatic heterocycles. The molecule has 3 rings (SSSR count). The lowest BCUT2D eigenvalue weighted by Crippen LogP contribution is -2.27. The molecular weight excluding hydrogens is 440 g/mol. The summed E-state index contributed by atoms with van der Waals surface area (Å²) in [6.45, 7) is 14.6. The van der Waals surface area contributed by atoms with E-state index >= 15 is 0 Å². The van der Waals surface area contributed by atoms with Crippen molar-refractivity contribution in [1.29, 1.82) is 0 Å². The van der Waals surface area contributed by atoms with Crippen LogP contribution in [0.3, 0.4) is 0 Å². The molecule has 2 unspecified atom stereocenters. The third-order valence-electron chi connectivity index (χ3n) is 6.47. The summed E-state index contributed by atoms with van der Waals surface area (Å²) in [5.41, 5.74) is 7.69. The van der Waals surface area contributed by atoms with E-state index in [4.69, 9.17) is 4.98 Å². The van der Waals surface area contributed by atoms with Gasteiger partial charge >= 0.3 is 0 Å². The molecule has 0 radical (unpaired) electrons. The number of hydrogen-bond donors (Lipinski definition) is 1. The number of rotatable bonds is 8. The van der Waals surface area contributed by atoms with Crippen LogP contribution >= 0.6 is 0 Å². The molecule has 1 saturated carbocycles. The molecule has 2 aromatic rings. The van der Waals surface area contributed by atoms with Crippen molar-refractivity contribution in [2.24, 2.45) is 10.9 Å². The predicted octanol–water partition coefficient (Wildman–Crippen LogP) is 8.27. The van der Waals surface area contributed by atoms with Crippen LogP contribution in [-0.2, 0) is 0 Å². The molecule has 0 amide bonds. The Labute approximate surface area is 220 Å². The van der Waals surface area contributed by atoms with Crippen molar-refractivity contribution in [3.63, 3.8) is 0 Å². The number of nitrogens with zero attached hydrogens (tertiary/aromatic N) is 3. The average molecular weight is 487 g/mol. The highest BCUT2D eigenvalue weighted by atomic mass is 15.0. The number of aryl methyl sites for hydroxylation is 1. The van der Waals surface area contributed by atoms with Gasteiger partial charge in [0.05, 0.1) is 5.69 Å². The lowest BCUT2D eigenvalue weighted by molar-refractivity contribution is 0.358. The second-order valence-corrected chi connectivity index (χ2v) is 9.63. The summed E-state index contributed by atoms with van der Waals surface area (Å²) >= 11 is 0. The van der Waals surface area contributed by atoms with Crippen LogP contribution in [0.1, 0.15) is 70.1 Å². The van der Waals surface area contributed by atoms with Gasteiger partial charge in [0.2, 0.25) is 0 Å². The first-order valence-electron chi connectivity index (χ1n) is 13.3. The quantitative estimate of drug-likeness (QED) is 0.301. The van der Waals surface area contributed by atoms with Gasteiger partial charge < -0.3 is 10.2 Å². The number of benzene rings is 1. The van der Waals surface area contributed by atoms with Crippen molar-refractivity contribution in [3.8, 4) is 11.3 Å². The van der Waals surface area contributed by atoms with Gasteiger partial charge in [-0.05, 0) is 67.0 Å². The second kappa shape index (κ2) is 14.4. The summed E-state index contributed by atoms with van der Waals surface area (Å²) in [5.74, 6) is 1.70. The molecule has 1 N–H and O–H groups in total. The molecule has 0 aliphatic heterocycles. The standard InChI is InChI=1S/C30H40N4.C2H6/c1-8-23(19-31-5)28-17-22(4)29(33-30(28)32-27-15-10-12-21(3)16-27)26-14-11-13-25(18-26)24(9-2)20-34(6)7;1-2/h8-9,11,13-14,17-21,27H,2,10,12,15-16H2,1,3-7H3,(H,32,33);1-2H3/b23-8+,24-20+,31-19?;. The fraction of sp³-hybridized carbons (Fsp3) is 0.438. The molecular formula is C32H46N4. The number of pyridine rings is 1.